The van der Waals surface area contributed by atoms with E-state index >= 15 is 0 Å². The van der Waals surface area contributed by atoms with Crippen molar-refractivity contribution in [2.75, 3.05) is 40.3 Å². The van der Waals surface area contributed by atoms with Gasteiger partial charge in [-0.05, 0) is 19.9 Å². The molecule has 6 heteroatoms. The monoisotopic (exact) mass is 259 g/mol. The van der Waals surface area contributed by atoms with E-state index in [9.17, 15) is 9.59 Å². The van der Waals surface area contributed by atoms with Crippen LogP contribution in [0.25, 0.3) is 0 Å². The average molecular weight is 259 g/mol. The Bertz CT molecular complexity index is 263. The van der Waals surface area contributed by atoms with Gasteiger partial charge in [-0.1, -0.05) is 6.92 Å². The summed E-state index contributed by atoms with van der Waals surface area (Å²) in [5.41, 5.74) is 0. The number of aliphatic hydroxyl groups excluding tert-OH is 1. The first-order valence-corrected chi connectivity index (χ1v) is 6.26. The first-order chi connectivity index (χ1) is 8.42. The molecular formula is C12H25N3O3. The van der Waals surface area contributed by atoms with Gasteiger partial charge in [-0.2, -0.15) is 0 Å². The van der Waals surface area contributed by atoms with Crippen molar-refractivity contribution in [1.82, 2.24) is 15.1 Å². The maximum atomic E-state index is 11.7. The highest BCUT2D eigenvalue weighted by Crippen LogP contribution is 1.93. The second-order valence-corrected chi connectivity index (χ2v) is 4.52. The molecule has 0 aliphatic carbocycles. The fraction of sp³-hybridized carbons (Fsp3) is 0.833. The van der Waals surface area contributed by atoms with Crippen LogP contribution >= 0.6 is 0 Å². The number of rotatable bonds is 8. The highest BCUT2D eigenvalue weighted by molar-refractivity contribution is 5.87. The van der Waals surface area contributed by atoms with E-state index in [0.717, 1.165) is 13.0 Å². The summed E-state index contributed by atoms with van der Waals surface area (Å²) >= 11 is 0. The molecule has 0 aliphatic heterocycles. The van der Waals surface area contributed by atoms with Crippen molar-refractivity contribution in [3.05, 3.63) is 0 Å². The van der Waals surface area contributed by atoms with Crippen LogP contribution in [0.3, 0.4) is 0 Å². The molecule has 0 saturated carbocycles. The molecule has 0 aliphatic rings. The van der Waals surface area contributed by atoms with Gasteiger partial charge in [0.2, 0.25) is 11.8 Å². The van der Waals surface area contributed by atoms with Crippen molar-refractivity contribution in [2.24, 2.45) is 0 Å². The maximum absolute atomic E-state index is 11.7. The Kier molecular flexibility index (Phi) is 8.32. The molecule has 0 heterocycles. The molecule has 0 aromatic rings. The predicted octanol–water partition coefficient (Wildman–Crippen LogP) is -0.716. The van der Waals surface area contributed by atoms with Crippen molar-refractivity contribution in [2.45, 2.75) is 26.3 Å². The Balaban J connectivity index is 4.18. The van der Waals surface area contributed by atoms with Crippen LogP contribution in [0.2, 0.25) is 0 Å². The van der Waals surface area contributed by atoms with Gasteiger partial charge >= 0.3 is 0 Å². The maximum Gasteiger partial charge on any atom is 0.244 e. The molecule has 0 aromatic heterocycles. The highest BCUT2D eigenvalue weighted by atomic mass is 16.3. The largest absolute Gasteiger partial charge is 0.395 e. The normalized spacial score (nSPS) is 12.3. The number of likely N-dealkylation sites (N-methyl/N-ethyl adjacent to an activating group) is 1. The number of carbonyl (C=O) groups excluding carboxylic acids is 2. The summed E-state index contributed by atoms with van der Waals surface area (Å²) in [5.74, 6) is -0.327. The first kappa shape index (κ1) is 16.9. The molecule has 0 aromatic carbocycles. The molecule has 1 atom stereocenters. The summed E-state index contributed by atoms with van der Waals surface area (Å²) in [4.78, 5) is 26.6. The Morgan fingerprint density at radius 2 is 1.89 bits per heavy atom. The predicted molar refractivity (Wildman–Crippen MR) is 70.1 cm³/mol. The minimum atomic E-state index is -0.523. The van der Waals surface area contributed by atoms with Crippen LogP contribution in [0, 0.1) is 0 Å². The molecule has 0 rings (SSSR count). The Morgan fingerprint density at radius 1 is 1.28 bits per heavy atom. The molecule has 0 fully saturated rings. The van der Waals surface area contributed by atoms with Crippen LogP contribution in [0.1, 0.15) is 20.3 Å². The minimum Gasteiger partial charge on any atom is -0.395 e. The summed E-state index contributed by atoms with van der Waals surface area (Å²) in [6.07, 6.45) is 0.916. The van der Waals surface area contributed by atoms with Gasteiger partial charge < -0.3 is 15.3 Å². The Morgan fingerprint density at radius 3 is 2.33 bits per heavy atom. The number of hydrogen-bond donors (Lipinski definition) is 2. The van der Waals surface area contributed by atoms with Crippen LogP contribution in [0.15, 0.2) is 0 Å². The van der Waals surface area contributed by atoms with E-state index in [0.29, 0.717) is 6.54 Å². The molecule has 2 N–H and O–H groups in total. The van der Waals surface area contributed by atoms with E-state index in [1.54, 1.807) is 21.0 Å². The van der Waals surface area contributed by atoms with Crippen molar-refractivity contribution < 1.29 is 14.7 Å². The third-order valence-corrected chi connectivity index (χ3v) is 2.51. The average Bonchev–Trinajstić information content (AvgIpc) is 2.28. The zero-order valence-corrected chi connectivity index (χ0v) is 11.8. The van der Waals surface area contributed by atoms with Crippen LogP contribution in [0.4, 0.5) is 0 Å². The van der Waals surface area contributed by atoms with Gasteiger partial charge in [0.15, 0.2) is 0 Å². The van der Waals surface area contributed by atoms with Gasteiger partial charge in [-0.25, -0.2) is 0 Å². The number of nitrogens with one attached hydrogen (secondary N) is 1. The summed E-state index contributed by atoms with van der Waals surface area (Å²) < 4.78 is 0. The van der Waals surface area contributed by atoms with E-state index in [2.05, 4.69) is 5.32 Å². The molecular weight excluding hydrogens is 234 g/mol. The summed E-state index contributed by atoms with van der Waals surface area (Å²) in [6.45, 7) is 5.14. The highest BCUT2D eigenvalue weighted by Gasteiger charge is 2.18. The SMILES string of the molecule is CCCN(CCO)CC(=O)NC(C)C(=O)N(C)C. The second-order valence-electron chi connectivity index (χ2n) is 4.52. The van der Waals surface area contributed by atoms with Crippen LogP contribution in [-0.4, -0.2) is 73.1 Å². The number of amides is 2. The lowest BCUT2D eigenvalue weighted by molar-refractivity contribution is -0.134. The Labute approximate surface area is 109 Å². The lowest BCUT2D eigenvalue weighted by Gasteiger charge is -2.22. The second kappa shape index (κ2) is 8.88. The summed E-state index contributed by atoms with van der Waals surface area (Å²) in [6, 6.07) is -0.523. The molecule has 0 saturated heterocycles. The van der Waals surface area contributed by atoms with Gasteiger partial charge in [0, 0.05) is 20.6 Å². The first-order valence-electron chi connectivity index (χ1n) is 6.26. The molecule has 1 unspecified atom stereocenters. The standard InChI is InChI=1S/C12H25N3O3/c1-5-6-15(7-8-16)9-11(17)13-10(2)12(18)14(3)4/h10,16H,5-9H2,1-4H3,(H,13,17). The lowest BCUT2D eigenvalue weighted by atomic mass is 10.3. The van der Waals surface area contributed by atoms with E-state index in [1.807, 2.05) is 11.8 Å². The molecule has 0 radical (unpaired) electrons. The van der Waals surface area contributed by atoms with Crippen molar-refractivity contribution in [3.63, 3.8) is 0 Å². The minimum absolute atomic E-state index is 0.0272. The molecule has 18 heavy (non-hydrogen) atoms. The topological polar surface area (TPSA) is 72.9 Å². The van der Waals surface area contributed by atoms with Crippen molar-refractivity contribution in [3.8, 4) is 0 Å². The fourth-order valence-corrected chi connectivity index (χ4v) is 1.67. The zero-order valence-electron chi connectivity index (χ0n) is 11.8. The van der Waals surface area contributed by atoms with E-state index in [4.69, 9.17) is 5.11 Å². The molecule has 6 nitrogen and oxygen atoms in total. The third-order valence-electron chi connectivity index (χ3n) is 2.51. The molecule has 2 amide bonds. The molecule has 0 bridgehead atoms. The van der Waals surface area contributed by atoms with E-state index in [1.165, 1.54) is 4.90 Å². The molecule has 106 valence electrons. The van der Waals surface area contributed by atoms with Crippen LogP contribution in [-0.2, 0) is 9.59 Å². The summed E-state index contributed by atoms with van der Waals surface area (Å²) in [7, 11) is 3.31. The number of nitrogens with zero attached hydrogens (tertiary/aromatic N) is 2. The van der Waals surface area contributed by atoms with Gasteiger partial charge in [0.1, 0.15) is 6.04 Å². The van der Waals surface area contributed by atoms with Gasteiger partial charge in [-0.15, -0.1) is 0 Å². The van der Waals surface area contributed by atoms with E-state index < -0.39 is 6.04 Å². The fourth-order valence-electron chi connectivity index (χ4n) is 1.67. The van der Waals surface area contributed by atoms with Crippen LogP contribution in [0.5, 0.6) is 0 Å². The number of aliphatic hydroxyl groups is 1. The number of carbonyl (C=O) groups is 2. The quantitative estimate of drug-likeness (QED) is 0.603. The van der Waals surface area contributed by atoms with Gasteiger partial charge in [0.25, 0.3) is 0 Å². The lowest BCUT2D eigenvalue weighted by Crippen LogP contribution is -2.48. The Hall–Kier alpha value is -1.14. The third kappa shape index (κ3) is 6.56. The van der Waals surface area contributed by atoms with Crippen molar-refractivity contribution >= 4 is 11.8 Å². The summed E-state index contributed by atoms with van der Waals surface area (Å²) in [5, 5.41) is 11.5. The van der Waals surface area contributed by atoms with Crippen LogP contribution < -0.4 is 5.32 Å². The zero-order chi connectivity index (χ0) is 14.1. The number of hydrogen-bond acceptors (Lipinski definition) is 4. The molecule has 0 spiro atoms. The van der Waals surface area contributed by atoms with E-state index in [-0.39, 0.29) is 25.0 Å². The smallest absolute Gasteiger partial charge is 0.244 e. The van der Waals surface area contributed by atoms with Gasteiger partial charge in [-0.3, -0.25) is 14.5 Å². The van der Waals surface area contributed by atoms with Crippen molar-refractivity contribution in [1.29, 1.82) is 0 Å². The van der Waals surface area contributed by atoms with Gasteiger partial charge in [0.05, 0.1) is 13.2 Å².